The standard InChI is InChI=1S/C17H20N2O2.C2HF3O2/c18-6-5-11-10-15(20)21-17-13-4-2-8-19-7-1-3-12(16(13)19)9-14(11)17;3-2(4,5)1(6)7/h9-10H,1-8,18H2;(H,6,7). The number of aliphatic carboxylic acids is 1. The number of carboxylic acid groups (broad SMARTS) is 1. The average molecular weight is 398 g/mol. The second kappa shape index (κ2) is 7.83. The van der Waals surface area contributed by atoms with E-state index in [9.17, 15) is 18.0 Å². The summed E-state index contributed by atoms with van der Waals surface area (Å²) >= 11 is 0. The van der Waals surface area contributed by atoms with Crippen molar-refractivity contribution in [1.82, 2.24) is 0 Å². The summed E-state index contributed by atoms with van der Waals surface area (Å²) in [5, 5.41) is 8.22. The van der Waals surface area contributed by atoms with E-state index in [1.807, 2.05) is 0 Å². The molecule has 0 aliphatic carbocycles. The summed E-state index contributed by atoms with van der Waals surface area (Å²) < 4.78 is 37.3. The Morgan fingerprint density at radius 2 is 1.86 bits per heavy atom. The van der Waals surface area contributed by atoms with Crippen molar-refractivity contribution < 1.29 is 27.5 Å². The molecule has 9 heteroatoms. The number of nitrogens with two attached hydrogens (primary N) is 1. The lowest BCUT2D eigenvalue weighted by atomic mass is 9.89. The summed E-state index contributed by atoms with van der Waals surface area (Å²) in [7, 11) is 0. The molecule has 0 bridgehead atoms. The molecule has 3 heterocycles. The van der Waals surface area contributed by atoms with Crippen molar-refractivity contribution in [2.24, 2.45) is 5.73 Å². The van der Waals surface area contributed by atoms with Crippen LogP contribution in [-0.2, 0) is 24.1 Å². The van der Waals surface area contributed by atoms with Gasteiger partial charge >= 0.3 is 17.8 Å². The number of alkyl halides is 3. The number of fused-ring (bicyclic) bond motifs is 2. The van der Waals surface area contributed by atoms with Crippen LogP contribution >= 0.6 is 0 Å². The van der Waals surface area contributed by atoms with E-state index in [-0.39, 0.29) is 5.63 Å². The molecule has 0 saturated heterocycles. The van der Waals surface area contributed by atoms with E-state index in [0.717, 1.165) is 55.3 Å². The second-order valence-electron chi connectivity index (χ2n) is 6.87. The molecule has 2 aliphatic heterocycles. The van der Waals surface area contributed by atoms with Crippen molar-refractivity contribution in [3.63, 3.8) is 0 Å². The van der Waals surface area contributed by atoms with Gasteiger partial charge in [0, 0.05) is 35.8 Å². The van der Waals surface area contributed by atoms with Crippen LogP contribution in [0.4, 0.5) is 18.9 Å². The number of aryl methyl sites for hydroxylation is 2. The number of hydrogen-bond acceptors (Lipinski definition) is 5. The molecule has 0 atom stereocenters. The highest BCUT2D eigenvalue weighted by molar-refractivity contribution is 5.90. The Balaban J connectivity index is 0.000000279. The summed E-state index contributed by atoms with van der Waals surface area (Å²) in [6, 6.07) is 3.84. The Kier molecular flexibility index (Phi) is 5.64. The smallest absolute Gasteiger partial charge is 0.475 e. The highest BCUT2D eigenvalue weighted by Gasteiger charge is 2.38. The predicted octanol–water partition coefficient (Wildman–Crippen LogP) is 2.63. The maximum Gasteiger partial charge on any atom is 0.490 e. The third-order valence-corrected chi connectivity index (χ3v) is 4.97. The van der Waals surface area contributed by atoms with Gasteiger partial charge in [-0.2, -0.15) is 13.2 Å². The van der Waals surface area contributed by atoms with E-state index < -0.39 is 12.1 Å². The second-order valence-corrected chi connectivity index (χ2v) is 6.87. The molecule has 152 valence electrons. The quantitative estimate of drug-likeness (QED) is 0.755. The van der Waals surface area contributed by atoms with Crippen LogP contribution in [0.3, 0.4) is 0 Å². The average Bonchev–Trinajstić information content (AvgIpc) is 2.63. The number of carbonyl (C=O) groups is 1. The van der Waals surface area contributed by atoms with Gasteiger partial charge in [0.1, 0.15) is 5.58 Å². The molecule has 0 radical (unpaired) electrons. The maximum absolute atomic E-state index is 11.9. The molecule has 0 fully saturated rings. The van der Waals surface area contributed by atoms with E-state index >= 15 is 0 Å². The first-order chi connectivity index (χ1) is 13.2. The first-order valence-corrected chi connectivity index (χ1v) is 9.09. The minimum Gasteiger partial charge on any atom is -0.475 e. The van der Waals surface area contributed by atoms with E-state index in [0.29, 0.717) is 6.54 Å². The number of carboxylic acids is 1. The van der Waals surface area contributed by atoms with Crippen LogP contribution in [0.2, 0.25) is 0 Å². The molecule has 6 nitrogen and oxygen atoms in total. The number of nitrogens with zero attached hydrogens (tertiary/aromatic N) is 1. The summed E-state index contributed by atoms with van der Waals surface area (Å²) in [6.07, 6.45) is 0.114. The van der Waals surface area contributed by atoms with Crippen LogP contribution in [0.1, 0.15) is 29.5 Å². The summed E-state index contributed by atoms with van der Waals surface area (Å²) in [5.41, 5.74) is 11.3. The molecule has 2 aliphatic rings. The zero-order chi connectivity index (χ0) is 20.5. The summed E-state index contributed by atoms with van der Waals surface area (Å²) in [6.45, 7) is 2.80. The summed E-state index contributed by atoms with van der Waals surface area (Å²) in [5.74, 6) is -2.76. The molecule has 1 aromatic carbocycles. The van der Waals surface area contributed by atoms with Crippen molar-refractivity contribution in [2.75, 3.05) is 24.5 Å². The van der Waals surface area contributed by atoms with Gasteiger partial charge in [-0.3, -0.25) is 0 Å². The molecule has 3 N–H and O–H groups in total. The van der Waals surface area contributed by atoms with Crippen molar-refractivity contribution in [2.45, 2.75) is 38.3 Å². The minimum absolute atomic E-state index is 0.255. The van der Waals surface area contributed by atoms with Gasteiger partial charge in [-0.05, 0) is 55.8 Å². The van der Waals surface area contributed by atoms with Gasteiger partial charge in [0.15, 0.2) is 0 Å². The summed E-state index contributed by atoms with van der Waals surface area (Å²) in [4.78, 5) is 23.3. The molecule has 0 amide bonds. The van der Waals surface area contributed by atoms with E-state index in [2.05, 4.69) is 11.0 Å². The third kappa shape index (κ3) is 3.99. The number of hydrogen-bond donors (Lipinski definition) is 2. The van der Waals surface area contributed by atoms with E-state index in [1.54, 1.807) is 6.07 Å². The zero-order valence-corrected chi connectivity index (χ0v) is 15.1. The van der Waals surface area contributed by atoms with Crippen LogP contribution in [-0.4, -0.2) is 36.9 Å². The number of anilines is 1. The van der Waals surface area contributed by atoms with Crippen molar-refractivity contribution in [3.05, 3.63) is 39.2 Å². The molecule has 0 spiro atoms. The van der Waals surface area contributed by atoms with Gasteiger partial charge in [-0.1, -0.05) is 0 Å². The third-order valence-electron chi connectivity index (χ3n) is 4.97. The van der Waals surface area contributed by atoms with E-state index in [1.165, 1.54) is 23.2 Å². The lowest BCUT2D eigenvalue weighted by Crippen LogP contribution is -2.34. The van der Waals surface area contributed by atoms with Gasteiger partial charge in [-0.25, -0.2) is 9.59 Å². The number of benzene rings is 1. The normalized spacial score (nSPS) is 15.6. The predicted molar refractivity (Wildman–Crippen MR) is 97.8 cm³/mol. The Hall–Kier alpha value is -2.55. The maximum atomic E-state index is 11.9. The molecule has 2 aromatic rings. The molecule has 1 aromatic heterocycles. The Morgan fingerprint density at radius 3 is 2.46 bits per heavy atom. The minimum atomic E-state index is -5.08. The monoisotopic (exact) mass is 398 g/mol. The molecule has 28 heavy (non-hydrogen) atoms. The zero-order valence-electron chi connectivity index (χ0n) is 15.1. The molecular weight excluding hydrogens is 377 g/mol. The van der Waals surface area contributed by atoms with Gasteiger partial charge in [0.2, 0.25) is 0 Å². The lowest BCUT2D eigenvalue weighted by Gasteiger charge is -2.37. The van der Waals surface area contributed by atoms with Crippen LogP contribution < -0.4 is 16.3 Å². The Bertz CT molecular complexity index is 951. The molecule has 0 unspecified atom stereocenters. The Labute approximate surface area is 158 Å². The van der Waals surface area contributed by atoms with Crippen molar-refractivity contribution in [1.29, 1.82) is 0 Å². The van der Waals surface area contributed by atoms with Gasteiger partial charge in [-0.15, -0.1) is 0 Å². The fourth-order valence-electron chi connectivity index (χ4n) is 3.90. The molecule has 4 rings (SSSR count). The van der Waals surface area contributed by atoms with Gasteiger partial charge in [0.05, 0.1) is 0 Å². The van der Waals surface area contributed by atoms with Crippen LogP contribution in [0.5, 0.6) is 0 Å². The molecule has 0 saturated carbocycles. The fourth-order valence-corrected chi connectivity index (χ4v) is 3.90. The van der Waals surface area contributed by atoms with Gasteiger partial charge in [0.25, 0.3) is 0 Å². The lowest BCUT2D eigenvalue weighted by molar-refractivity contribution is -0.192. The SMILES string of the molecule is NCCc1cc(=O)oc2c3c4c(cc12)CCCN4CCC3.O=C(O)C(F)(F)F. The van der Waals surface area contributed by atoms with E-state index in [4.69, 9.17) is 20.1 Å². The number of rotatable bonds is 2. The topological polar surface area (TPSA) is 96.8 Å². The fraction of sp³-hybridized carbons (Fsp3) is 0.474. The first kappa shape index (κ1) is 20.2. The molecular formula is C19H21F3N2O4. The van der Waals surface area contributed by atoms with Crippen LogP contribution in [0.25, 0.3) is 11.0 Å². The Morgan fingerprint density at radius 1 is 1.21 bits per heavy atom. The van der Waals surface area contributed by atoms with Gasteiger partial charge < -0.3 is 20.2 Å². The highest BCUT2D eigenvalue weighted by atomic mass is 19.4. The highest BCUT2D eigenvalue weighted by Crippen LogP contribution is 2.40. The number of halogens is 3. The largest absolute Gasteiger partial charge is 0.490 e. The van der Waals surface area contributed by atoms with Crippen LogP contribution in [0.15, 0.2) is 21.3 Å². The van der Waals surface area contributed by atoms with Crippen LogP contribution in [0, 0.1) is 0 Å². The van der Waals surface area contributed by atoms with Crippen molar-refractivity contribution >= 4 is 22.6 Å². The first-order valence-electron chi connectivity index (χ1n) is 9.09. The van der Waals surface area contributed by atoms with Crippen molar-refractivity contribution in [3.8, 4) is 0 Å².